The summed E-state index contributed by atoms with van der Waals surface area (Å²) >= 11 is 0. The standard InChI is InChI=1S/C14H18N2O/c15-13-5-3-4-12-11(10-17-14(12)13)6-9-16-7-1-2-8-16/h3-5,10H,1-2,6-9,15H2. The Morgan fingerprint density at radius 3 is 2.88 bits per heavy atom. The summed E-state index contributed by atoms with van der Waals surface area (Å²) in [7, 11) is 0. The Balaban J connectivity index is 1.78. The number of fused-ring (bicyclic) bond motifs is 1. The van der Waals surface area contributed by atoms with E-state index in [1.165, 1.54) is 36.9 Å². The van der Waals surface area contributed by atoms with Gasteiger partial charge in [-0.15, -0.1) is 0 Å². The van der Waals surface area contributed by atoms with Gasteiger partial charge in [-0.05, 0) is 44.0 Å². The molecule has 0 saturated carbocycles. The Bertz CT molecular complexity index is 512. The second-order valence-electron chi connectivity index (χ2n) is 4.78. The average molecular weight is 230 g/mol. The predicted octanol–water partition coefficient (Wildman–Crippen LogP) is 2.65. The van der Waals surface area contributed by atoms with Gasteiger partial charge < -0.3 is 15.1 Å². The number of anilines is 1. The third-order valence-corrected chi connectivity index (χ3v) is 3.61. The van der Waals surface area contributed by atoms with Crippen molar-refractivity contribution in [2.45, 2.75) is 19.3 Å². The highest BCUT2D eigenvalue weighted by atomic mass is 16.3. The first-order valence-corrected chi connectivity index (χ1v) is 6.31. The molecule has 0 atom stereocenters. The quantitative estimate of drug-likeness (QED) is 0.824. The van der Waals surface area contributed by atoms with Crippen molar-refractivity contribution in [3.8, 4) is 0 Å². The number of furan rings is 1. The van der Waals surface area contributed by atoms with Gasteiger partial charge >= 0.3 is 0 Å². The van der Waals surface area contributed by atoms with Crippen molar-refractivity contribution in [1.29, 1.82) is 0 Å². The van der Waals surface area contributed by atoms with E-state index in [-0.39, 0.29) is 0 Å². The molecule has 3 heteroatoms. The molecule has 17 heavy (non-hydrogen) atoms. The van der Waals surface area contributed by atoms with Crippen molar-refractivity contribution in [3.63, 3.8) is 0 Å². The molecular formula is C14H18N2O. The van der Waals surface area contributed by atoms with E-state index in [9.17, 15) is 0 Å². The van der Waals surface area contributed by atoms with E-state index in [4.69, 9.17) is 10.2 Å². The van der Waals surface area contributed by atoms with E-state index < -0.39 is 0 Å². The highest BCUT2D eigenvalue weighted by Gasteiger charge is 2.13. The first-order chi connectivity index (χ1) is 8.34. The van der Waals surface area contributed by atoms with Crippen molar-refractivity contribution in [2.24, 2.45) is 0 Å². The molecule has 2 N–H and O–H groups in total. The second-order valence-corrected chi connectivity index (χ2v) is 4.78. The van der Waals surface area contributed by atoms with Gasteiger partial charge in [0.2, 0.25) is 0 Å². The minimum atomic E-state index is 0.731. The largest absolute Gasteiger partial charge is 0.462 e. The molecule has 3 nitrogen and oxygen atoms in total. The Labute approximate surface area is 101 Å². The first-order valence-electron chi connectivity index (χ1n) is 6.31. The highest BCUT2D eigenvalue weighted by Crippen LogP contribution is 2.26. The van der Waals surface area contributed by atoms with Gasteiger partial charge in [-0.25, -0.2) is 0 Å². The van der Waals surface area contributed by atoms with Crippen LogP contribution in [0.25, 0.3) is 11.0 Å². The van der Waals surface area contributed by atoms with Gasteiger partial charge in [0.05, 0.1) is 12.0 Å². The molecule has 90 valence electrons. The Morgan fingerprint density at radius 2 is 2.06 bits per heavy atom. The topological polar surface area (TPSA) is 42.4 Å². The number of likely N-dealkylation sites (tertiary alicyclic amines) is 1. The van der Waals surface area contributed by atoms with E-state index in [1.807, 2.05) is 18.4 Å². The van der Waals surface area contributed by atoms with Crippen molar-refractivity contribution in [1.82, 2.24) is 4.90 Å². The third-order valence-electron chi connectivity index (χ3n) is 3.61. The van der Waals surface area contributed by atoms with E-state index in [0.717, 1.165) is 24.2 Å². The van der Waals surface area contributed by atoms with E-state index in [1.54, 1.807) is 0 Å². The Morgan fingerprint density at radius 1 is 1.24 bits per heavy atom. The third kappa shape index (κ3) is 2.03. The van der Waals surface area contributed by atoms with Crippen LogP contribution < -0.4 is 5.73 Å². The van der Waals surface area contributed by atoms with Crippen LogP contribution in [-0.4, -0.2) is 24.5 Å². The zero-order chi connectivity index (χ0) is 11.7. The molecule has 0 amide bonds. The molecular weight excluding hydrogens is 212 g/mol. The summed E-state index contributed by atoms with van der Waals surface area (Å²) in [4.78, 5) is 2.52. The smallest absolute Gasteiger partial charge is 0.156 e. The molecule has 0 bridgehead atoms. The molecule has 1 aliphatic rings. The summed E-state index contributed by atoms with van der Waals surface area (Å²) in [5.74, 6) is 0. The maximum Gasteiger partial charge on any atom is 0.156 e. The summed E-state index contributed by atoms with van der Waals surface area (Å²) in [6, 6.07) is 5.97. The minimum absolute atomic E-state index is 0.731. The van der Waals surface area contributed by atoms with Gasteiger partial charge in [-0.1, -0.05) is 12.1 Å². The summed E-state index contributed by atoms with van der Waals surface area (Å²) in [5, 5.41) is 1.17. The van der Waals surface area contributed by atoms with Crippen molar-refractivity contribution >= 4 is 16.7 Å². The van der Waals surface area contributed by atoms with E-state index in [2.05, 4.69) is 11.0 Å². The molecule has 0 unspecified atom stereocenters. The van der Waals surface area contributed by atoms with Crippen LogP contribution in [0.5, 0.6) is 0 Å². The molecule has 3 rings (SSSR count). The minimum Gasteiger partial charge on any atom is -0.462 e. The van der Waals surface area contributed by atoms with Crippen LogP contribution >= 0.6 is 0 Å². The second kappa shape index (κ2) is 4.41. The first kappa shape index (κ1) is 10.7. The number of para-hydroxylation sites is 1. The predicted molar refractivity (Wildman–Crippen MR) is 70.0 cm³/mol. The van der Waals surface area contributed by atoms with Crippen LogP contribution in [-0.2, 0) is 6.42 Å². The Kier molecular flexibility index (Phi) is 2.77. The fourth-order valence-corrected chi connectivity index (χ4v) is 2.61. The van der Waals surface area contributed by atoms with Crippen LogP contribution in [0, 0.1) is 0 Å². The van der Waals surface area contributed by atoms with Crippen LogP contribution in [0.2, 0.25) is 0 Å². The van der Waals surface area contributed by atoms with Crippen molar-refractivity contribution < 1.29 is 4.42 Å². The normalized spacial score (nSPS) is 16.9. The lowest BCUT2D eigenvalue weighted by Crippen LogP contribution is -2.21. The van der Waals surface area contributed by atoms with Gasteiger partial charge in [0.15, 0.2) is 5.58 Å². The maximum absolute atomic E-state index is 5.88. The van der Waals surface area contributed by atoms with Gasteiger partial charge in [0, 0.05) is 11.9 Å². The SMILES string of the molecule is Nc1cccc2c(CCN3CCCC3)coc12. The molecule has 0 aliphatic carbocycles. The summed E-state index contributed by atoms with van der Waals surface area (Å²) in [5.41, 5.74) is 8.73. The van der Waals surface area contributed by atoms with Crippen molar-refractivity contribution in [2.75, 3.05) is 25.4 Å². The van der Waals surface area contributed by atoms with Crippen LogP contribution in [0.3, 0.4) is 0 Å². The zero-order valence-electron chi connectivity index (χ0n) is 9.98. The Hall–Kier alpha value is -1.48. The summed E-state index contributed by atoms with van der Waals surface area (Å²) in [6.45, 7) is 3.62. The van der Waals surface area contributed by atoms with Crippen LogP contribution in [0.15, 0.2) is 28.9 Å². The molecule has 2 aromatic rings. The zero-order valence-corrected chi connectivity index (χ0v) is 9.98. The summed E-state index contributed by atoms with van der Waals surface area (Å²) < 4.78 is 5.55. The monoisotopic (exact) mass is 230 g/mol. The number of nitrogen functional groups attached to an aromatic ring is 1. The average Bonchev–Trinajstić information content (AvgIpc) is 2.95. The number of hydrogen-bond donors (Lipinski definition) is 1. The van der Waals surface area contributed by atoms with Gasteiger partial charge in [-0.2, -0.15) is 0 Å². The van der Waals surface area contributed by atoms with Crippen LogP contribution in [0.1, 0.15) is 18.4 Å². The molecule has 1 aromatic heterocycles. The van der Waals surface area contributed by atoms with Crippen molar-refractivity contribution in [3.05, 3.63) is 30.0 Å². The van der Waals surface area contributed by atoms with E-state index >= 15 is 0 Å². The number of hydrogen-bond acceptors (Lipinski definition) is 3. The summed E-state index contributed by atoms with van der Waals surface area (Å²) in [6.07, 6.45) is 5.60. The number of benzene rings is 1. The molecule has 0 radical (unpaired) electrons. The number of rotatable bonds is 3. The molecule has 1 aromatic carbocycles. The van der Waals surface area contributed by atoms with Gasteiger partial charge in [0.1, 0.15) is 0 Å². The lowest BCUT2D eigenvalue weighted by Gasteiger charge is -2.13. The fraction of sp³-hybridized carbons (Fsp3) is 0.429. The molecule has 1 saturated heterocycles. The fourth-order valence-electron chi connectivity index (χ4n) is 2.61. The highest BCUT2D eigenvalue weighted by molar-refractivity contribution is 5.90. The van der Waals surface area contributed by atoms with Gasteiger partial charge in [0.25, 0.3) is 0 Å². The lowest BCUT2D eigenvalue weighted by atomic mass is 10.1. The number of nitrogens with zero attached hydrogens (tertiary/aromatic N) is 1. The molecule has 1 aliphatic heterocycles. The molecule has 0 spiro atoms. The maximum atomic E-state index is 5.88. The molecule has 2 heterocycles. The van der Waals surface area contributed by atoms with E-state index in [0.29, 0.717) is 0 Å². The lowest BCUT2D eigenvalue weighted by molar-refractivity contribution is 0.343. The molecule has 1 fully saturated rings. The van der Waals surface area contributed by atoms with Crippen LogP contribution in [0.4, 0.5) is 5.69 Å². The number of nitrogens with two attached hydrogens (primary N) is 1. The van der Waals surface area contributed by atoms with Gasteiger partial charge in [-0.3, -0.25) is 0 Å².